The summed E-state index contributed by atoms with van der Waals surface area (Å²) in [6.45, 7) is 3.11. The van der Waals surface area contributed by atoms with Gasteiger partial charge in [-0.3, -0.25) is 9.59 Å². The third-order valence-electron chi connectivity index (χ3n) is 6.67. The third kappa shape index (κ3) is 4.94. The molecular weight excluding hydrogens is 490 g/mol. The molecule has 0 aliphatic carbocycles. The van der Waals surface area contributed by atoms with Gasteiger partial charge in [0.1, 0.15) is 17.1 Å². The molecule has 7 heteroatoms. The molecule has 1 aliphatic heterocycles. The second-order valence-corrected chi connectivity index (χ2v) is 9.52. The number of fused-ring (bicyclic) bond motifs is 2. The van der Waals surface area contributed by atoms with E-state index in [1.54, 1.807) is 30.2 Å². The minimum atomic E-state index is -0.602. The van der Waals surface area contributed by atoms with E-state index in [9.17, 15) is 9.59 Å². The number of nitrogens with zero attached hydrogens (tertiary/aromatic N) is 1. The molecule has 1 unspecified atom stereocenters. The van der Waals surface area contributed by atoms with Gasteiger partial charge in [-0.2, -0.15) is 0 Å². The molecule has 2 heterocycles. The van der Waals surface area contributed by atoms with E-state index in [0.29, 0.717) is 46.9 Å². The molecule has 0 fully saturated rings. The van der Waals surface area contributed by atoms with Crippen LogP contribution in [0, 0.1) is 0 Å². The van der Waals surface area contributed by atoms with Crippen molar-refractivity contribution in [2.24, 2.45) is 0 Å². The molecule has 5 rings (SSSR count). The SMILES string of the molecule is CCCCOc1cccc(C2c3c(oc4ccc(Cl)cc4c3=O)C(=O)N2CCc2ccc(OC)cc2)c1. The Morgan fingerprint density at radius 1 is 1.00 bits per heavy atom. The minimum absolute atomic E-state index is 0.0804. The van der Waals surface area contributed by atoms with Crippen LogP contribution in [0.4, 0.5) is 0 Å². The molecule has 0 saturated heterocycles. The zero-order valence-corrected chi connectivity index (χ0v) is 21.6. The van der Waals surface area contributed by atoms with E-state index >= 15 is 0 Å². The average molecular weight is 518 g/mol. The molecule has 1 amide bonds. The monoisotopic (exact) mass is 517 g/mol. The lowest BCUT2D eigenvalue weighted by Crippen LogP contribution is -2.31. The van der Waals surface area contributed by atoms with Crippen LogP contribution in [0.15, 0.2) is 75.9 Å². The van der Waals surface area contributed by atoms with E-state index in [1.165, 1.54) is 0 Å². The van der Waals surface area contributed by atoms with E-state index in [2.05, 4.69) is 6.92 Å². The van der Waals surface area contributed by atoms with Crippen molar-refractivity contribution in [2.45, 2.75) is 32.2 Å². The topological polar surface area (TPSA) is 69.0 Å². The summed E-state index contributed by atoms with van der Waals surface area (Å²) in [5.74, 6) is 1.25. The number of rotatable bonds is 9. The Hall–Kier alpha value is -3.77. The fourth-order valence-electron chi connectivity index (χ4n) is 4.72. The maximum Gasteiger partial charge on any atom is 0.290 e. The molecule has 6 nitrogen and oxygen atoms in total. The number of unbranched alkanes of at least 4 members (excludes halogenated alkanes) is 1. The minimum Gasteiger partial charge on any atom is -0.497 e. The summed E-state index contributed by atoms with van der Waals surface area (Å²) in [6, 6.07) is 19.6. The van der Waals surface area contributed by atoms with Crippen molar-refractivity contribution in [1.82, 2.24) is 4.90 Å². The first-order valence-corrected chi connectivity index (χ1v) is 12.8. The highest BCUT2D eigenvalue weighted by Crippen LogP contribution is 2.39. The molecule has 190 valence electrons. The zero-order chi connectivity index (χ0) is 25.9. The van der Waals surface area contributed by atoms with Crippen molar-refractivity contribution in [3.63, 3.8) is 0 Å². The number of benzene rings is 3. The Morgan fingerprint density at radius 2 is 1.81 bits per heavy atom. The van der Waals surface area contributed by atoms with E-state index in [-0.39, 0.29) is 17.1 Å². The van der Waals surface area contributed by atoms with Crippen LogP contribution in [0.3, 0.4) is 0 Å². The van der Waals surface area contributed by atoms with Crippen molar-refractivity contribution in [2.75, 3.05) is 20.3 Å². The molecule has 3 aromatic carbocycles. The van der Waals surface area contributed by atoms with Crippen molar-refractivity contribution < 1.29 is 18.7 Å². The Bertz CT molecular complexity index is 1490. The predicted molar refractivity (Wildman–Crippen MR) is 144 cm³/mol. The Morgan fingerprint density at radius 3 is 2.57 bits per heavy atom. The van der Waals surface area contributed by atoms with Crippen LogP contribution in [-0.2, 0) is 6.42 Å². The van der Waals surface area contributed by atoms with Gasteiger partial charge in [-0.05, 0) is 66.4 Å². The number of methoxy groups -OCH3 is 1. The summed E-state index contributed by atoms with van der Waals surface area (Å²) in [5.41, 5.74) is 2.27. The predicted octanol–water partition coefficient (Wildman–Crippen LogP) is 6.42. The number of hydrogen-bond acceptors (Lipinski definition) is 5. The second-order valence-electron chi connectivity index (χ2n) is 9.09. The Balaban J connectivity index is 1.57. The van der Waals surface area contributed by atoms with Gasteiger partial charge in [0.15, 0.2) is 5.43 Å². The second kappa shape index (κ2) is 10.7. The normalized spacial score (nSPS) is 14.7. The van der Waals surface area contributed by atoms with Gasteiger partial charge >= 0.3 is 0 Å². The largest absolute Gasteiger partial charge is 0.497 e. The number of hydrogen-bond donors (Lipinski definition) is 0. The quantitative estimate of drug-likeness (QED) is 0.239. The fourth-order valence-corrected chi connectivity index (χ4v) is 4.89. The van der Waals surface area contributed by atoms with Crippen LogP contribution in [0.25, 0.3) is 11.0 Å². The summed E-state index contributed by atoms with van der Waals surface area (Å²) >= 11 is 6.19. The number of carbonyl (C=O) groups excluding carboxylic acids is 1. The molecule has 0 saturated carbocycles. The maximum absolute atomic E-state index is 13.7. The average Bonchev–Trinajstić information content (AvgIpc) is 3.20. The van der Waals surface area contributed by atoms with Gasteiger partial charge in [0.25, 0.3) is 5.91 Å². The van der Waals surface area contributed by atoms with Gasteiger partial charge < -0.3 is 18.8 Å². The first kappa shape index (κ1) is 24.9. The molecule has 0 N–H and O–H groups in total. The molecule has 0 bridgehead atoms. The molecule has 1 aromatic heterocycles. The van der Waals surface area contributed by atoms with E-state index < -0.39 is 6.04 Å². The lowest BCUT2D eigenvalue weighted by Gasteiger charge is -2.25. The van der Waals surface area contributed by atoms with Crippen LogP contribution in [0.1, 0.15) is 53.1 Å². The summed E-state index contributed by atoms with van der Waals surface area (Å²) in [5, 5.41) is 0.791. The van der Waals surface area contributed by atoms with Gasteiger partial charge in [-0.25, -0.2) is 0 Å². The van der Waals surface area contributed by atoms with Gasteiger partial charge in [-0.15, -0.1) is 0 Å². The zero-order valence-electron chi connectivity index (χ0n) is 20.8. The van der Waals surface area contributed by atoms with Gasteiger partial charge in [0, 0.05) is 11.6 Å². The summed E-state index contributed by atoms with van der Waals surface area (Å²) in [6.07, 6.45) is 2.58. The lowest BCUT2D eigenvalue weighted by atomic mass is 9.98. The smallest absolute Gasteiger partial charge is 0.290 e. The van der Waals surface area contributed by atoms with Crippen LogP contribution >= 0.6 is 11.6 Å². The Kier molecular flexibility index (Phi) is 7.19. The molecule has 0 spiro atoms. The van der Waals surface area contributed by atoms with Gasteiger partial charge in [0.2, 0.25) is 5.76 Å². The third-order valence-corrected chi connectivity index (χ3v) is 6.90. The standard InChI is InChI=1S/C30H28ClNO5/c1-3-4-16-36-23-7-5-6-20(17-23)27-26-28(33)24-18-21(31)10-13-25(24)37-29(26)30(34)32(27)15-14-19-8-11-22(35-2)12-9-19/h5-13,17-18,27H,3-4,14-16H2,1-2H3. The van der Waals surface area contributed by atoms with Crippen molar-refractivity contribution in [3.05, 3.63) is 104 Å². The van der Waals surface area contributed by atoms with Crippen LogP contribution in [-0.4, -0.2) is 31.1 Å². The van der Waals surface area contributed by atoms with Crippen molar-refractivity contribution in [3.8, 4) is 11.5 Å². The van der Waals surface area contributed by atoms with E-state index in [4.69, 9.17) is 25.5 Å². The number of amides is 1. The number of ether oxygens (including phenoxy) is 2. The highest BCUT2D eigenvalue weighted by molar-refractivity contribution is 6.31. The number of carbonyl (C=O) groups is 1. The summed E-state index contributed by atoms with van der Waals surface area (Å²) < 4.78 is 17.2. The highest BCUT2D eigenvalue weighted by Gasteiger charge is 2.42. The van der Waals surface area contributed by atoms with Crippen LogP contribution < -0.4 is 14.9 Å². The highest BCUT2D eigenvalue weighted by atomic mass is 35.5. The molecule has 4 aromatic rings. The molecule has 1 atom stereocenters. The summed E-state index contributed by atoms with van der Waals surface area (Å²) in [4.78, 5) is 29.1. The number of halogens is 1. The first-order valence-electron chi connectivity index (χ1n) is 12.4. The van der Waals surface area contributed by atoms with Gasteiger partial charge in [-0.1, -0.05) is 49.2 Å². The molecule has 0 radical (unpaired) electrons. The van der Waals surface area contributed by atoms with Crippen LogP contribution in [0.2, 0.25) is 5.02 Å². The maximum atomic E-state index is 13.7. The lowest BCUT2D eigenvalue weighted by molar-refractivity contribution is 0.0729. The van der Waals surface area contributed by atoms with Crippen LogP contribution in [0.5, 0.6) is 11.5 Å². The first-order chi connectivity index (χ1) is 18.0. The molecule has 1 aliphatic rings. The Labute approximate surface area is 220 Å². The van der Waals surface area contributed by atoms with Gasteiger partial charge in [0.05, 0.1) is 30.7 Å². The van der Waals surface area contributed by atoms with E-state index in [0.717, 1.165) is 29.7 Å². The summed E-state index contributed by atoms with van der Waals surface area (Å²) in [7, 11) is 1.63. The van der Waals surface area contributed by atoms with Crippen molar-refractivity contribution >= 4 is 28.5 Å². The molecular formula is C30H28ClNO5. The van der Waals surface area contributed by atoms with Crippen molar-refractivity contribution in [1.29, 1.82) is 0 Å². The van der Waals surface area contributed by atoms with E-state index in [1.807, 2.05) is 48.5 Å². The molecule has 37 heavy (non-hydrogen) atoms. The fraction of sp³-hybridized carbons (Fsp3) is 0.267.